The number of ether oxygens (including phenoxy) is 4. The number of nitrogens with two attached hydrogens (primary N) is 1. The molecule has 1 aliphatic heterocycles. The van der Waals surface area contributed by atoms with Gasteiger partial charge < -0.3 is 24.7 Å². The number of esters is 1. The van der Waals surface area contributed by atoms with Crippen molar-refractivity contribution in [1.82, 2.24) is 0 Å². The van der Waals surface area contributed by atoms with Crippen LogP contribution in [-0.2, 0) is 11.4 Å². The minimum Gasteiger partial charge on any atom is -0.489 e. The van der Waals surface area contributed by atoms with Crippen molar-refractivity contribution in [2.45, 2.75) is 26.4 Å². The van der Waals surface area contributed by atoms with Crippen molar-refractivity contribution in [2.75, 3.05) is 6.61 Å². The van der Waals surface area contributed by atoms with Gasteiger partial charge in [0, 0.05) is 27.2 Å². The highest BCUT2D eigenvalue weighted by Crippen LogP contribution is 2.44. The van der Waals surface area contributed by atoms with E-state index in [9.17, 15) is 10.1 Å². The Hall–Kier alpha value is -4.64. The lowest BCUT2D eigenvalue weighted by Crippen LogP contribution is -2.21. The number of benzene rings is 4. The molecule has 4 aromatic carbocycles. The maximum absolute atomic E-state index is 12.5. The van der Waals surface area contributed by atoms with E-state index in [1.54, 1.807) is 42.5 Å². The fraction of sp³-hybridized carbons (Fsp3) is 0.152. The zero-order valence-electron chi connectivity index (χ0n) is 22.8. The molecule has 4 aromatic rings. The van der Waals surface area contributed by atoms with Crippen LogP contribution in [-0.4, -0.2) is 12.6 Å². The number of carbonyl (C=O) groups is 1. The number of fused-ring (bicyclic) bond motifs is 1. The largest absolute Gasteiger partial charge is 0.489 e. The van der Waals surface area contributed by atoms with Crippen LogP contribution in [0.15, 0.2) is 90.3 Å². The molecule has 42 heavy (non-hydrogen) atoms. The summed E-state index contributed by atoms with van der Waals surface area (Å²) in [5.41, 5.74) is 10.9. The Kier molecular flexibility index (Phi) is 8.58. The van der Waals surface area contributed by atoms with Crippen LogP contribution in [0.1, 0.15) is 33.7 Å². The van der Waals surface area contributed by atoms with E-state index >= 15 is 0 Å². The van der Waals surface area contributed by atoms with Gasteiger partial charge in [0.05, 0.1) is 5.92 Å². The van der Waals surface area contributed by atoms with E-state index in [1.807, 2.05) is 50.2 Å². The molecule has 1 aliphatic rings. The highest BCUT2D eigenvalue weighted by molar-refractivity contribution is 6.35. The normalized spacial score (nSPS) is 13.9. The summed E-state index contributed by atoms with van der Waals surface area (Å²) in [6.45, 7) is 3.94. The van der Waals surface area contributed by atoms with Crippen LogP contribution < -0.4 is 24.7 Å². The topological polar surface area (TPSA) is 104 Å². The molecule has 0 saturated heterocycles. The van der Waals surface area contributed by atoms with Gasteiger partial charge in [0.15, 0.2) is 6.61 Å². The summed E-state index contributed by atoms with van der Waals surface area (Å²) in [5, 5.41) is 11.0. The van der Waals surface area contributed by atoms with Gasteiger partial charge in [0.25, 0.3) is 0 Å². The Bertz CT molecular complexity index is 1750. The highest BCUT2D eigenvalue weighted by atomic mass is 35.5. The lowest BCUT2D eigenvalue weighted by molar-refractivity contribution is -0.136. The number of nitriles is 1. The predicted octanol–water partition coefficient (Wildman–Crippen LogP) is 7.39. The first-order chi connectivity index (χ1) is 20.2. The molecule has 0 aliphatic carbocycles. The number of rotatable bonds is 8. The van der Waals surface area contributed by atoms with Crippen LogP contribution in [0.5, 0.6) is 23.0 Å². The SMILES string of the molecule is Cc1ccc(OCC(=O)Oc2ccc3c(c2)OC(N)=C(C#N)C3c2cccc(OCc3ccc(Cl)cc3Cl)c2)cc1C. The minimum atomic E-state index is -0.576. The first-order valence-electron chi connectivity index (χ1n) is 13.0. The molecule has 1 unspecified atom stereocenters. The number of carbonyl (C=O) groups excluding carboxylic acids is 1. The second-order valence-electron chi connectivity index (χ2n) is 9.73. The van der Waals surface area contributed by atoms with E-state index in [1.165, 1.54) is 0 Å². The number of nitrogens with zero attached hydrogens (tertiary/aromatic N) is 1. The number of halogens is 2. The molecule has 0 spiro atoms. The maximum atomic E-state index is 12.5. The molecule has 0 saturated carbocycles. The Balaban J connectivity index is 1.33. The molecule has 0 bridgehead atoms. The monoisotopic (exact) mass is 600 g/mol. The molecule has 1 heterocycles. The third-order valence-electron chi connectivity index (χ3n) is 6.86. The molecule has 0 amide bonds. The number of allylic oxidation sites excluding steroid dienone is 1. The van der Waals surface area contributed by atoms with Gasteiger partial charge in [-0.3, -0.25) is 0 Å². The zero-order valence-corrected chi connectivity index (χ0v) is 24.3. The summed E-state index contributed by atoms with van der Waals surface area (Å²) in [6, 6.07) is 25.3. The Morgan fingerprint density at radius 1 is 0.929 bits per heavy atom. The van der Waals surface area contributed by atoms with Crippen LogP contribution in [0.3, 0.4) is 0 Å². The van der Waals surface area contributed by atoms with E-state index in [2.05, 4.69) is 6.07 Å². The van der Waals surface area contributed by atoms with Crippen LogP contribution >= 0.6 is 23.2 Å². The standard InChI is InChI=1S/C33H26Cl2N2O5/c1-19-6-9-25(12-20(19)2)40-18-31(38)41-26-10-11-27-30(15-26)42-33(37)28(16-36)32(27)21-4-3-5-24(13-21)39-17-22-7-8-23(34)14-29(22)35/h3-15,32H,17-18,37H2,1-2H3. The Morgan fingerprint density at radius 2 is 1.71 bits per heavy atom. The zero-order chi connectivity index (χ0) is 29.8. The molecule has 212 valence electrons. The Morgan fingerprint density at radius 3 is 2.48 bits per heavy atom. The highest BCUT2D eigenvalue weighted by Gasteiger charge is 2.31. The predicted molar refractivity (Wildman–Crippen MR) is 160 cm³/mol. The average Bonchev–Trinajstić information content (AvgIpc) is 2.96. The smallest absolute Gasteiger partial charge is 0.349 e. The third kappa shape index (κ3) is 6.46. The van der Waals surface area contributed by atoms with Crippen molar-refractivity contribution in [1.29, 1.82) is 5.26 Å². The summed E-state index contributed by atoms with van der Waals surface area (Å²) in [7, 11) is 0. The molecule has 0 radical (unpaired) electrons. The quantitative estimate of drug-likeness (QED) is 0.166. The lowest BCUT2D eigenvalue weighted by atomic mass is 9.83. The van der Waals surface area contributed by atoms with Gasteiger partial charge in [0.1, 0.15) is 41.2 Å². The van der Waals surface area contributed by atoms with Gasteiger partial charge in [-0.1, -0.05) is 53.5 Å². The fourth-order valence-corrected chi connectivity index (χ4v) is 5.00. The van der Waals surface area contributed by atoms with E-state index in [-0.39, 0.29) is 30.4 Å². The van der Waals surface area contributed by atoms with Crippen LogP contribution in [0.2, 0.25) is 10.0 Å². The van der Waals surface area contributed by atoms with Crippen LogP contribution in [0.25, 0.3) is 0 Å². The van der Waals surface area contributed by atoms with Gasteiger partial charge in [-0.15, -0.1) is 0 Å². The summed E-state index contributed by atoms with van der Waals surface area (Å²) in [6.07, 6.45) is 0. The maximum Gasteiger partial charge on any atom is 0.349 e. The minimum absolute atomic E-state index is 0.0316. The molecule has 7 nitrogen and oxygen atoms in total. The van der Waals surface area contributed by atoms with E-state index in [0.717, 1.165) is 22.3 Å². The molecular weight excluding hydrogens is 575 g/mol. The van der Waals surface area contributed by atoms with Gasteiger partial charge in [-0.2, -0.15) is 5.26 Å². The Labute approximate surface area is 253 Å². The summed E-state index contributed by atoms with van der Waals surface area (Å²) >= 11 is 12.3. The van der Waals surface area contributed by atoms with E-state index < -0.39 is 11.9 Å². The van der Waals surface area contributed by atoms with Gasteiger partial charge in [0.2, 0.25) is 5.88 Å². The van der Waals surface area contributed by atoms with Gasteiger partial charge >= 0.3 is 5.97 Å². The van der Waals surface area contributed by atoms with E-state index in [0.29, 0.717) is 32.9 Å². The fourth-order valence-electron chi connectivity index (χ4n) is 4.53. The summed E-state index contributed by atoms with van der Waals surface area (Å²) < 4.78 is 22.9. The first kappa shape index (κ1) is 28.9. The van der Waals surface area contributed by atoms with Crippen LogP contribution in [0, 0.1) is 25.2 Å². The molecule has 0 fully saturated rings. The van der Waals surface area contributed by atoms with Gasteiger partial charge in [-0.05, 0) is 73.0 Å². The van der Waals surface area contributed by atoms with Crippen molar-refractivity contribution < 1.29 is 23.7 Å². The van der Waals surface area contributed by atoms with Crippen molar-refractivity contribution in [3.8, 4) is 29.1 Å². The molecule has 2 N–H and O–H groups in total. The van der Waals surface area contributed by atoms with Crippen molar-refractivity contribution in [2.24, 2.45) is 5.73 Å². The summed E-state index contributed by atoms with van der Waals surface area (Å²) in [5.74, 6) is 0.651. The number of aryl methyl sites for hydroxylation is 2. The second kappa shape index (κ2) is 12.5. The van der Waals surface area contributed by atoms with Crippen LogP contribution in [0.4, 0.5) is 0 Å². The van der Waals surface area contributed by atoms with Crippen molar-refractivity contribution in [3.05, 3.63) is 128 Å². The number of hydrogen-bond acceptors (Lipinski definition) is 7. The molecule has 1 atom stereocenters. The lowest BCUT2D eigenvalue weighted by Gasteiger charge is -2.27. The second-order valence-corrected chi connectivity index (χ2v) is 10.6. The van der Waals surface area contributed by atoms with Crippen molar-refractivity contribution >= 4 is 29.2 Å². The molecular formula is C33H26Cl2N2O5. The van der Waals surface area contributed by atoms with Crippen molar-refractivity contribution in [3.63, 3.8) is 0 Å². The average molecular weight is 601 g/mol. The molecule has 5 rings (SSSR count). The van der Waals surface area contributed by atoms with E-state index in [4.69, 9.17) is 47.9 Å². The molecule has 9 heteroatoms. The van der Waals surface area contributed by atoms with Gasteiger partial charge in [-0.25, -0.2) is 4.79 Å². The molecule has 0 aromatic heterocycles. The first-order valence-corrected chi connectivity index (χ1v) is 13.8. The number of hydrogen-bond donors (Lipinski definition) is 1. The summed E-state index contributed by atoms with van der Waals surface area (Å²) in [4.78, 5) is 12.5. The third-order valence-corrected chi connectivity index (χ3v) is 7.45.